The molecule has 5 heteroatoms. The van der Waals surface area contributed by atoms with E-state index in [9.17, 15) is 4.79 Å². The zero-order valence-electron chi connectivity index (χ0n) is 8.90. The van der Waals surface area contributed by atoms with Crippen molar-refractivity contribution in [3.63, 3.8) is 0 Å². The van der Waals surface area contributed by atoms with E-state index in [1.165, 1.54) is 0 Å². The third-order valence-corrected chi connectivity index (χ3v) is 1.87. The average molecular weight is 216 g/mol. The van der Waals surface area contributed by atoms with E-state index in [1.54, 1.807) is 12.1 Å². The van der Waals surface area contributed by atoms with Gasteiger partial charge in [0.1, 0.15) is 5.84 Å². The van der Waals surface area contributed by atoms with Gasteiger partial charge in [0.2, 0.25) is 0 Å². The lowest BCUT2D eigenvalue weighted by Crippen LogP contribution is -2.22. The van der Waals surface area contributed by atoms with Crippen LogP contribution in [0.2, 0.25) is 0 Å². The molecule has 1 amide bonds. The number of benzene rings is 1. The summed E-state index contributed by atoms with van der Waals surface area (Å²) in [5, 5.41) is 11.9. The normalized spacial score (nSPS) is 10.6. The Balaban J connectivity index is 2.63. The summed E-state index contributed by atoms with van der Waals surface area (Å²) in [5.74, 6) is -0.260. The fourth-order valence-electron chi connectivity index (χ4n) is 1.01. The molecule has 0 saturated heterocycles. The van der Waals surface area contributed by atoms with Crippen LogP contribution in [0.15, 0.2) is 29.4 Å². The number of nitrogens with one attached hydrogen (secondary N) is 1. The molecule has 0 aliphatic rings. The predicted octanol–water partition coefficient (Wildman–Crippen LogP) is 0.911. The molecule has 1 rings (SSSR count). The van der Waals surface area contributed by atoms with Gasteiger partial charge in [0.15, 0.2) is 0 Å². The molecule has 0 unspecified atom stereocenters. The number of hydrazone groups is 1. The molecule has 0 aliphatic carbocycles. The van der Waals surface area contributed by atoms with Crippen LogP contribution in [0.4, 0.5) is 0 Å². The smallest absolute Gasteiger partial charge is 0.271 e. The van der Waals surface area contributed by atoms with E-state index in [1.807, 2.05) is 25.1 Å². The zero-order chi connectivity index (χ0) is 12.0. The van der Waals surface area contributed by atoms with Gasteiger partial charge in [-0.3, -0.25) is 4.79 Å². The van der Waals surface area contributed by atoms with Crippen molar-refractivity contribution >= 4 is 11.7 Å². The van der Waals surface area contributed by atoms with Crippen molar-refractivity contribution < 1.29 is 4.79 Å². The lowest BCUT2D eigenvalue weighted by atomic mass is 10.1. The summed E-state index contributed by atoms with van der Waals surface area (Å²) in [4.78, 5) is 11.5. The van der Waals surface area contributed by atoms with Crippen molar-refractivity contribution in [2.45, 2.75) is 13.3 Å². The third kappa shape index (κ3) is 3.42. The van der Waals surface area contributed by atoms with Gasteiger partial charge in [-0.2, -0.15) is 10.4 Å². The fraction of sp³-hybridized carbons (Fsp3) is 0.182. The van der Waals surface area contributed by atoms with E-state index in [0.29, 0.717) is 5.56 Å². The molecular formula is C11H12N4O. The highest BCUT2D eigenvalue weighted by Crippen LogP contribution is 2.02. The average Bonchev–Trinajstić information content (AvgIpc) is 2.27. The highest BCUT2D eigenvalue weighted by Gasteiger charge is 2.03. The number of aryl methyl sites for hydroxylation is 1. The number of nitriles is 1. The zero-order valence-corrected chi connectivity index (χ0v) is 8.90. The molecule has 1 aromatic rings. The lowest BCUT2D eigenvalue weighted by molar-refractivity contribution is 0.0954. The Morgan fingerprint density at radius 2 is 2.12 bits per heavy atom. The van der Waals surface area contributed by atoms with Crippen LogP contribution >= 0.6 is 0 Å². The number of nitrogens with two attached hydrogens (primary N) is 1. The van der Waals surface area contributed by atoms with Crippen LogP contribution in [-0.2, 0) is 0 Å². The van der Waals surface area contributed by atoms with Crippen LogP contribution in [0.5, 0.6) is 0 Å². The molecule has 0 radical (unpaired) electrons. The van der Waals surface area contributed by atoms with E-state index in [2.05, 4.69) is 10.5 Å². The van der Waals surface area contributed by atoms with Gasteiger partial charge < -0.3 is 5.73 Å². The Kier molecular flexibility index (Phi) is 4.04. The van der Waals surface area contributed by atoms with Gasteiger partial charge in [0.05, 0.1) is 12.5 Å². The predicted molar refractivity (Wildman–Crippen MR) is 60.5 cm³/mol. The highest BCUT2D eigenvalue weighted by molar-refractivity contribution is 5.95. The number of hydrogen-bond donors (Lipinski definition) is 2. The van der Waals surface area contributed by atoms with E-state index in [4.69, 9.17) is 11.0 Å². The number of carbonyl (C=O) groups excluding carboxylic acids is 1. The third-order valence-electron chi connectivity index (χ3n) is 1.87. The van der Waals surface area contributed by atoms with Crippen LogP contribution in [0.3, 0.4) is 0 Å². The summed E-state index contributed by atoms with van der Waals surface area (Å²) < 4.78 is 0. The second-order valence-corrected chi connectivity index (χ2v) is 3.24. The van der Waals surface area contributed by atoms with Crippen LogP contribution in [0.1, 0.15) is 22.3 Å². The monoisotopic (exact) mass is 216 g/mol. The molecule has 0 fully saturated rings. The summed E-state index contributed by atoms with van der Waals surface area (Å²) in [7, 11) is 0. The molecule has 1 aromatic carbocycles. The van der Waals surface area contributed by atoms with Gasteiger partial charge >= 0.3 is 0 Å². The number of amidine groups is 1. The van der Waals surface area contributed by atoms with E-state index in [0.717, 1.165) is 5.56 Å². The summed E-state index contributed by atoms with van der Waals surface area (Å²) in [6.45, 7) is 1.94. The molecule has 0 aromatic heterocycles. The standard InChI is InChI=1S/C11H12N4O/c1-8-2-4-9(5-3-8)11(16)15-14-10(13)6-7-12/h2-5H,6H2,1H3,(H2,13,14)(H,15,16). The van der Waals surface area contributed by atoms with Gasteiger partial charge in [-0.05, 0) is 19.1 Å². The van der Waals surface area contributed by atoms with Gasteiger partial charge in [0.25, 0.3) is 5.91 Å². The number of rotatable bonds is 3. The molecule has 82 valence electrons. The van der Waals surface area contributed by atoms with Gasteiger partial charge in [-0.1, -0.05) is 17.7 Å². The molecule has 0 atom stereocenters. The van der Waals surface area contributed by atoms with Crippen LogP contribution in [0, 0.1) is 18.3 Å². The first-order valence-corrected chi connectivity index (χ1v) is 4.69. The molecule has 16 heavy (non-hydrogen) atoms. The molecule has 0 aliphatic heterocycles. The van der Waals surface area contributed by atoms with E-state index >= 15 is 0 Å². The molecular weight excluding hydrogens is 204 g/mol. The van der Waals surface area contributed by atoms with Crippen molar-refractivity contribution in [2.24, 2.45) is 10.8 Å². The maximum absolute atomic E-state index is 11.5. The Labute approximate surface area is 93.6 Å². The molecule has 3 N–H and O–H groups in total. The molecule has 0 spiro atoms. The lowest BCUT2D eigenvalue weighted by Gasteiger charge is -2.00. The maximum atomic E-state index is 11.5. The largest absolute Gasteiger partial charge is 0.385 e. The van der Waals surface area contributed by atoms with Crippen molar-refractivity contribution in [2.75, 3.05) is 0 Å². The van der Waals surface area contributed by atoms with Gasteiger partial charge in [-0.15, -0.1) is 0 Å². The highest BCUT2D eigenvalue weighted by atomic mass is 16.2. The van der Waals surface area contributed by atoms with Gasteiger partial charge in [-0.25, -0.2) is 5.43 Å². The van der Waals surface area contributed by atoms with E-state index < -0.39 is 0 Å². The fourth-order valence-corrected chi connectivity index (χ4v) is 1.01. The minimum absolute atomic E-state index is 0.00578. The second-order valence-electron chi connectivity index (χ2n) is 3.24. The first-order chi connectivity index (χ1) is 7.63. The Morgan fingerprint density at radius 1 is 1.50 bits per heavy atom. The van der Waals surface area contributed by atoms with Crippen LogP contribution < -0.4 is 11.2 Å². The molecule has 5 nitrogen and oxygen atoms in total. The Bertz CT molecular complexity index is 442. The van der Waals surface area contributed by atoms with Crippen LogP contribution in [0.25, 0.3) is 0 Å². The Morgan fingerprint density at radius 3 is 2.69 bits per heavy atom. The topological polar surface area (TPSA) is 91.3 Å². The van der Waals surface area contributed by atoms with Crippen molar-refractivity contribution in [1.82, 2.24) is 5.43 Å². The number of hydrogen-bond acceptors (Lipinski definition) is 3. The summed E-state index contributed by atoms with van der Waals surface area (Å²) in [6, 6.07) is 8.88. The van der Waals surface area contributed by atoms with Crippen molar-refractivity contribution in [3.05, 3.63) is 35.4 Å². The van der Waals surface area contributed by atoms with E-state index in [-0.39, 0.29) is 18.2 Å². The molecule has 0 heterocycles. The first-order valence-electron chi connectivity index (χ1n) is 4.69. The summed E-state index contributed by atoms with van der Waals surface area (Å²) in [5.41, 5.74) is 9.20. The van der Waals surface area contributed by atoms with Crippen molar-refractivity contribution in [1.29, 1.82) is 5.26 Å². The number of nitrogens with zero attached hydrogens (tertiary/aromatic N) is 2. The molecule has 0 saturated carbocycles. The van der Waals surface area contributed by atoms with Crippen LogP contribution in [-0.4, -0.2) is 11.7 Å². The minimum atomic E-state index is -0.346. The molecule has 0 bridgehead atoms. The number of amides is 1. The summed E-state index contributed by atoms with van der Waals surface area (Å²) in [6.07, 6.45) is -0.00578. The second kappa shape index (κ2) is 5.51. The Hall–Kier alpha value is -2.35. The number of carbonyl (C=O) groups is 1. The first kappa shape index (κ1) is 11.7. The van der Waals surface area contributed by atoms with Crippen molar-refractivity contribution in [3.8, 4) is 6.07 Å². The SMILES string of the molecule is Cc1ccc(C(=O)N/N=C(/N)CC#N)cc1. The summed E-state index contributed by atoms with van der Waals surface area (Å²) >= 11 is 0. The quantitative estimate of drug-likeness (QED) is 0.447. The minimum Gasteiger partial charge on any atom is -0.385 e. The maximum Gasteiger partial charge on any atom is 0.271 e. The van der Waals surface area contributed by atoms with Gasteiger partial charge in [0, 0.05) is 5.56 Å².